The van der Waals surface area contributed by atoms with Gasteiger partial charge >= 0.3 is 35.8 Å². The summed E-state index contributed by atoms with van der Waals surface area (Å²) in [6, 6.07) is 22.9. The second-order valence-electron chi connectivity index (χ2n) is 18.7. The number of aliphatic hydroxyl groups is 3. The molecule has 69 heavy (non-hydrogen) atoms. The number of carbonyl (C=O) groups is 8. The normalized spacial score (nSPS) is 30.7. The maximum absolute atomic E-state index is 15.5. The van der Waals surface area contributed by atoms with Crippen LogP contribution in [0.2, 0.25) is 0 Å². The van der Waals surface area contributed by atoms with E-state index in [0.29, 0.717) is 5.56 Å². The van der Waals surface area contributed by atoms with Gasteiger partial charge in [0, 0.05) is 37.7 Å². The predicted octanol–water partition coefficient (Wildman–Crippen LogP) is 3.59. The molecule has 2 saturated heterocycles. The molecule has 3 aromatic carbocycles. The van der Waals surface area contributed by atoms with Crippen LogP contribution in [0.5, 0.6) is 0 Å². The zero-order chi connectivity index (χ0) is 50.2. The van der Waals surface area contributed by atoms with Gasteiger partial charge in [0.15, 0.2) is 23.6 Å². The smallest absolute Gasteiger partial charge is 0.338 e. The average Bonchev–Trinajstić information content (AvgIpc) is 3.70. The van der Waals surface area contributed by atoms with E-state index in [-0.39, 0.29) is 48.1 Å². The molecule has 0 unspecified atom stereocenters. The lowest BCUT2D eigenvalue weighted by Gasteiger charge is -2.67. The Hall–Kier alpha value is -6.60. The minimum absolute atomic E-state index is 0.00289. The number of Topliss-reactive ketones (excluding diaryl/α,β-unsaturated/α-hetero) is 1. The van der Waals surface area contributed by atoms with Crippen LogP contribution in [-0.2, 0) is 57.2 Å². The highest BCUT2D eigenvalue weighted by molar-refractivity contribution is 5.96. The molecule has 5 aliphatic rings. The van der Waals surface area contributed by atoms with Crippen molar-refractivity contribution in [1.29, 1.82) is 0 Å². The lowest BCUT2D eigenvalue weighted by molar-refractivity contribution is -0.346. The topological polar surface area (TPSA) is 265 Å². The number of fused-ring (bicyclic) bond motifs is 5. The monoisotopic (exact) mass is 953 g/mol. The van der Waals surface area contributed by atoms with E-state index in [1.54, 1.807) is 92.7 Å². The molecule has 18 nitrogen and oxygen atoms in total. The molecule has 2 aliphatic heterocycles. The van der Waals surface area contributed by atoms with Crippen molar-refractivity contribution >= 4 is 47.5 Å². The van der Waals surface area contributed by atoms with Crippen molar-refractivity contribution in [3.05, 3.63) is 119 Å². The van der Waals surface area contributed by atoms with Crippen LogP contribution in [0.1, 0.15) is 99.5 Å². The van der Waals surface area contributed by atoms with Gasteiger partial charge in [-0.15, -0.1) is 0 Å². The molecule has 366 valence electrons. The summed E-state index contributed by atoms with van der Waals surface area (Å²) in [6.07, 6.45) is -9.99. The van der Waals surface area contributed by atoms with E-state index in [4.69, 9.17) is 23.7 Å². The number of amides is 1. The van der Waals surface area contributed by atoms with Crippen molar-refractivity contribution in [2.24, 2.45) is 16.7 Å². The van der Waals surface area contributed by atoms with E-state index in [2.05, 4.69) is 10.1 Å². The molecule has 3 aliphatic carbocycles. The van der Waals surface area contributed by atoms with Gasteiger partial charge in [0.05, 0.1) is 48.5 Å². The van der Waals surface area contributed by atoms with Gasteiger partial charge in [-0.25, -0.2) is 9.59 Å². The zero-order valence-electron chi connectivity index (χ0n) is 38.9. The highest BCUT2D eigenvalue weighted by Crippen LogP contribution is 2.64. The van der Waals surface area contributed by atoms with Gasteiger partial charge in [0.2, 0.25) is 0 Å². The predicted molar refractivity (Wildman–Crippen MR) is 238 cm³/mol. The standard InChI is InChI=1S/C47H51NO14.C4H4O3/c1-25-31(60-43(56)36(52)35(28-16-10-7-11-17-28)48-41(54)29-18-12-8-13-19-29)23-47(57)40(61-42(55)30-20-14-9-15-21-30)38-45(6,32(51)22-33-46(38,24-58-33)62-27(3)50)39(53)37(59-26(2)49)34(25)44(47,4)5;5-3-1-2-4(6)7-3/h7-21,31-33,35-38,40,51-52,57H,22-24H2,1-6H3,(H,48,54);1-2H2/t31-,32-,33+,35-,36+,37+,38-,40-,45+,46-,47+;/m0./s1. The summed E-state index contributed by atoms with van der Waals surface area (Å²) in [5.41, 5.74) is -7.02. The number of benzene rings is 3. The summed E-state index contributed by atoms with van der Waals surface area (Å²) >= 11 is 0. The molecule has 4 fully saturated rings. The van der Waals surface area contributed by atoms with Crippen LogP contribution in [0.25, 0.3) is 0 Å². The Balaban J connectivity index is 0.000000921. The number of esters is 6. The maximum Gasteiger partial charge on any atom is 0.338 e. The van der Waals surface area contributed by atoms with E-state index in [1.807, 2.05) is 0 Å². The first-order valence-corrected chi connectivity index (χ1v) is 22.5. The number of cyclic esters (lactones) is 2. The highest BCUT2D eigenvalue weighted by Gasteiger charge is 2.78. The number of nitrogens with one attached hydrogen (secondary N) is 1. The van der Waals surface area contributed by atoms with Gasteiger partial charge in [0.1, 0.15) is 23.9 Å². The molecule has 8 rings (SSSR count). The van der Waals surface area contributed by atoms with E-state index >= 15 is 4.79 Å². The van der Waals surface area contributed by atoms with Gasteiger partial charge in [-0.1, -0.05) is 80.6 Å². The van der Waals surface area contributed by atoms with Crippen molar-refractivity contribution in [3.8, 4) is 0 Å². The molecule has 0 spiro atoms. The van der Waals surface area contributed by atoms with Crippen molar-refractivity contribution in [2.75, 3.05) is 6.61 Å². The summed E-state index contributed by atoms with van der Waals surface area (Å²) in [7, 11) is 0. The van der Waals surface area contributed by atoms with Crippen LogP contribution < -0.4 is 5.32 Å². The fraction of sp³-hybridized carbons (Fsp3) is 0.451. The number of hydrogen-bond donors (Lipinski definition) is 4. The van der Waals surface area contributed by atoms with E-state index in [0.717, 1.165) is 13.8 Å². The maximum atomic E-state index is 15.5. The number of ether oxygens (including phenoxy) is 6. The van der Waals surface area contributed by atoms with Crippen molar-refractivity contribution in [2.45, 2.75) is 121 Å². The SMILES string of the molecule is CC(=O)O[C@H]1C(=O)[C@@]2(C)[C@H]([C@H](OC(=O)c3ccccc3)[C@]3(O)C[C@H](OC(=O)[C@H](O)[C@@H](NC(=O)c4ccccc4)c4ccccc4)C(C)=C1C3(C)C)[C@]1(OC(C)=O)CO[C@@H]1C[C@@H]2O.O=C1CCC(=O)O1. The van der Waals surface area contributed by atoms with Crippen LogP contribution >= 0.6 is 0 Å². The first-order valence-electron chi connectivity index (χ1n) is 22.5. The van der Waals surface area contributed by atoms with Gasteiger partial charge in [0.25, 0.3) is 5.91 Å². The molecular formula is C51H55NO17. The molecule has 2 saturated carbocycles. The van der Waals surface area contributed by atoms with Gasteiger partial charge in [-0.2, -0.15) is 0 Å². The van der Waals surface area contributed by atoms with Gasteiger partial charge in [-0.3, -0.25) is 28.8 Å². The third-order valence-electron chi connectivity index (χ3n) is 14.2. The molecule has 2 bridgehead atoms. The van der Waals surface area contributed by atoms with E-state index in [9.17, 15) is 48.9 Å². The summed E-state index contributed by atoms with van der Waals surface area (Å²) in [5.74, 6) is -7.64. The van der Waals surface area contributed by atoms with Crippen molar-refractivity contribution in [1.82, 2.24) is 5.32 Å². The average molecular weight is 954 g/mol. The molecule has 1 amide bonds. The summed E-state index contributed by atoms with van der Waals surface area (Å²) in [4.78, 5) is 103. The van der Waals surface area contributed by atoms with Crippen LogP contribution in [0.15, 0.2) is 102 Å². The Morgan fingerprint density at radius 2 is 1.35 bits per heavy atom. The highest BCUT2D eigenvalue weighted by atomic mass is 16.6. The first kappa shape index (κ1) is 50.3. The molecule has 18 heteroatoms. The fourth-order valence-electron chi connectivity index (χ4n) is 10.6. The lowest BCUT2D eigenvalue weighted by Crippen LogP contribution is -2.82. The molecule has 4 N–H and O–H groups in total. The van der Waals surface area contributed by atoms with E-state index < -0.39 is 125 Å². The molecule has 2 heterocycles. The number of hydrogen-bond acceptors (Lipinski definition) is 17. The van der Waals surface area contributed by atoms with E-state index in [1.165, 1.54) is 26.0 Å². The molecule has 0 radical (unpaired) electrons. The van der Waals surface area contributed by atoms with Crippen molar-refractivity contribution in [3.63, 3.8) is 0 Å². The number of carbonyl (C=O) groups excluding carboxylic acids is 8. The molecule has 11 atom stereocenters. The molecule has 0 aromatic heterocycles. The van der Waals surface area contributed by atoms with Gasteiger partial charge < -0.3 is 49.1 Å². The molecule has 3 aromatic rings. The summed E-state index contributed by atoms with van der Waals surface area (Å²) in [6.45, 7) is 7.97. The quantitative estimate of drug-likeness (QED) is 0.0979. The number of aliphatic hydroxyl groups excluding tert-OH is 2. The Morgan fingerprint density at radius 3 is 1.86 bits per heavy atom. The van der Waals surface area contributed by atoms with Crippen molar-refractivity contribution < 1.29 is 82.1 Å². The second-order valence-corrected chi connectivity index (χ2v) is 18.7. The van der Waals surface area contributed by atoms with Crippen LogP contribution in [0, 0.1) is 16.7 Å². The largest absolute Gasteiger partial charge is 0.456 e. The molecular weight excluding hydrogens is 899 g/mol. The number of rotatable bonds is 10. The van der Waals surface area contributed by atoms with Gasteiger partial charge in [-0.05, 0) is 54.8 Å². The Bertz CT molecular complexity index is 2530. The Kier molecular flexibility index (Phi) is 14.2. The first-order chi connectivity index (χ1) is 32.6. The lowest BCUT2D eigenvalue weighted by atomic mass is 9.44. The Morgan fingerprint density at radius 1 is 0.783 bits per heavy atom. The summed E-state index contributed by atoms with van der Waals surface area (Å²) < 4.78 is 34.4. The second kappa shape index (κ2) is 19.4. The zero-order valence-corrected chi connectivity index (χ0v) is 38.9. The Labute approximate surface area is 397 Å². The number of ketones is 1. The third-order valence-corrected chi connectivity index (χ3v) is 14.2. The minimum Gasteiger partial charge on any atom is -0.456 e. The third kappa shape index (κ3) is 9.21. The van der Waals surface area contributed by atoms with Crippen LogP contribution in [0.4, 0.5) is 0 Å². The van der Waals surface area contributed by atoms with Crippen LogP contribution in [0.3, 0.4) is 0 Å². The minimum atomic E-state index is -2.39. The fourth-order valence-corrected chi connectivity index (χ4v) is 10.6. The van der Waals surface area contributed by atoms with Crippen LogP contribution in [-0.4, -0.2) is 117 Å². The summed E-state index contributed by atoms with van der Waals surface area (Å²) in [5, 5.41) is 40.2.